The lowest BCUT2D eigenvalue weighted by molar-refractivity contribution is 0.246. The second-order valence-electron chi connectivity index (χ2n) is 11.2. The van der Waals surface area contributed by atoms with Crippen LogP contribution in [0.1, 0.15) is 79.6 Å². The van der Waals surface area contributed by atoms with Crippen LogP contribution in [0.3, 0.4) is 0 Å². The summed E-state index contributed by atoms with van der Waals surface area (Å²) in [6, 6.07) is 15.6. The molecule has 2 N–H and O–H groups in total. The van der Waals surface area contributed by atoms with Gasteiger partial charge in [0.2, 0.25) is 0 Å². The molecule has 2 aromatic heterocycles. The topological polar surface area (TPSA) is 66.6 Å². The highest BCUT2D eigenvalue weighted by molar-refractivity contribution is 5.85. The molecule has 1 fully saturated rings. The maximum Gasteiger partial charge on any atom is 0.0945 e. The van der Waals surface area contributed by atoms with Crippen molar-refractivity contribution in [3.63, 3.8) is 0 Å². The SMILES string of the molecule is CCc1nc2ccc(C(C)(c3cncn3C)C3CCCCC3)cc2c(C)c1Cc1ccc(N/C=C\C=N)cc1. The van der Waals surface area contributed by atoms with Crippen molar-refractivity contribution in [2.45, 2.75) is 71.1 Å². The van der Waals surface area contributed by atoms with E-state index in [1.165, 1.54) is 77.3 Å². The highest BCUT2D eigenvalue weighted by atomic mass is 15.0. The normalized spacial score (nSPS) is 16.0. The van der Waals surface area contributed by atoms with Gasteiger partial charge in [0, 0.05) is 53.5 Å². The molecule has 202 valence electrons. The van der Waals surface area contributed by atoms with Gasteiger partial charge in [0.15, 0.2) is 0 Å². The minimum atomic E-state index is -0.0924. The fourth-order valence-electron chi connectivity index (χ4n) is 6.62. The Bertz CT molecular complexity index is 1470. The third kappa shape index (κ3) is 5.27. The smallest absolute Gasteiger partial charge is 0.0945 e. The highest BCUT2D eigenvalue weighted by Gasteiger charge is 2.40. The van der Waals surface area contributed by atoms with Crippen LogP contribution in [-0.4, -0.2) is 20.7 Å². The van der Waals surface area contributed by atoms with Crippen LogP contribution in [0.2, 0.25) is 0 Å². The van der Waals surface area contributed by atoms with Crippen LogP contribution in [0.25, 0.3) is 10.9 Å². The van der Waals surface area contributed by atoms with E-state index in [-0.39, 0.29) is 5.41 Å². The Kier molecular flexibility index (Phi) is 7.97. The third-order valence-electron chi connectivity index (χ3n) is 8.94. The Morgan fingerprint density at radius 1 is 1.10 bits per heavy atom. The van der Waals surface area contributed by atoms with E-state index in [1.807, 2.05) is 6.33 Å². The standard InChI is InChI=1S/C34H41N5/c1-5-31-29(20-25-12-15-28(16-13-25)37-19-9-18-35)24(2)30-21-27(14-17-32(30)38-31)34(3,26-10-7-6-8-11-26)33-22-36-23-39(33)4/h9,12-19,21-23,26,35,37H,5-8,10-11,20H2,1-4H3/b19-9-,35-18?. The zero-order valence-corrected chi connectivity index (χ0v) is 23.8. The van der Waals surface area contributed by atoms with Crippen molar-refractivity contribution >= 4 is 22.8 Å². The Hall–Kier alpha value is -3.73. The molecule has 0 radical (unpaired) electrons. The van der Waals surface area contributed by atoms with E-state index in [4.69, 9.17) is 10.4 Å². The van der Waals surface area contributed by atoms with Gasteiger partial charge in [0.1, 0.15) is 0 Å². The molecule has 0 bridgehead atoms. The Morgan fingerprint density at radius 3 is 2.54 bits per heavy atom. The van der Waals surface area contributed by atoms with Gasteiger partial charge >= 0.3 is 0 Å². The number of benzene rings is 2. The van der Waals surface area contributed by atoms with Gasteiger partial charge in [0.25, 0.3) is 0 Å². The summed E-state index contributed by atoms with van der Waals surface area (Å²) in [6.07, 6.45) is 17.0. The van der Waals surface area contributed by atoms with E-state index in [2.05, 4.69) is 91.3 Å². The Labute approximate surface area is 232 Å². The lowest BCUT2D eigenvalue weighted by Crippen LogP contribution is -2.36. The van der Waals surface area contributed by atoms with Gasteiger partial charge in [-0.05, 0) is 98.0 Å². The fraction of sp³-hybridized carbons (Fsp3) is 0.382. The molecule has 5 nitrogen and oxygen atoms in total. The van der Waals surface area contributed by atoms with Crippen LogP contribution in [0.4, 0.5) is 5.69 Å². The molecule has 2 aromatic carbocycles. The summed E-state index contributed by atoms with van der Waals surface area (Å²) in [5, 5.41) is 11.6. The van der Waals surface area contributed by atoms with Gasteiger partial charge in [-0.1, -0.05) is 44.4 Å². The van der Waals surface area contributed by atoms with E-state index in [1.54, 1.807) is 12.3 Å². The molecule has 0 amide bonds. The van der Waals surface area contributed by atoms with Crippen molar-refractivity contribution < 1.29 is 0 Å². The quantitative estimate of drug-likeness (QED) is 0.221. The summed E-state index contributed by atoms with van der Waals surface area (Å²) in [5.74, 6) is 0.600. The molecular formula is C34H41N5. The fourth-order valence-corrected chi connectivity index (χ4v) is 6.62. The first kappa shape index (κ1) is 26.9. The number of allylic oxidation sites excluding steroid dienone is 1. The summed E-state index contributed by atoms with van der Waals surface area (Å²) in [6.45, 7) is 6.93. The van der Waals surface area contributed by atoms with Gasteiger partial charge in [-0.25, -0.2) is 4.98 Å². The van der Waals surface area contributed by atoms with Gasteiger partial charge in [0.05, 0.1) is 11.8 Å². The summed E-state index contributed by atoms with van der Waals surface area (Å²) >= 11 is 0. The molecule has 0 spiro atoms. The highest BCUT2D eigenvalue weighted by Crippen LogP contribution is 2.46. The number of anilines is 1. The number of hydrogen-bond acceptors (Lipinski definition) is 4. The zero-order valence-electron chi connectivity index (χ0n) is 23.8. The first-order valence-corrected chi connectivity index (χ1v) is 14.4. The van der Waals surface area contributed by atoms with Gasteiger partial charge in [-0.15, -0.1) is 0 Å². The van der Waals surface area contributed by atoms with E-state index in [0.717, 1.165) is 24.0 Å². The average molecular weight is 520 g/mol. The first-order valence-electron chi connectivity index (χ1n) is 14.4. The lowest BCUT2D eigenvalue weighted by Gasteiger charge is -2.41. The van der Waals surface area contributed by atoms with Crippen LogP contribution in [0.15, 0.2) is 67.3 Å². The minimum absolute atomic E-state index is 0.0924. The third-order valence-corrected chi connectivity index (χ3v) is 8.94. The molecular weight excluding hydrogens is 478 g/mol. The molecule has 1 aliphatic carbocycles. The molecule has 0 saturated heterocycles. The van der Waals surface area contributed by atoms with E-state index in [0.29, 0.717) is 5.92 Å². The molecule has 1 atom stereocenters. The van der Waals surface area contributed by atoms with E-state index in [9.17, 15) is 0 Å². The Morgan fingerprint density at radius 2 is 1.87 bits per heavy atom. The molecule has 1 aliphatic rings. The van der Waals surface area contributed by atoms with Crippen LogP contribution in [0.5, 0.6) is 0 Å². The monoisotopic (exact) mass is 519 g/mol. The maximum absolute atomic E-state index is 7.13. The maximum atomic E-state index is 7.13. The molecule has 1 saturated carbocycles. The average Bonchev–Trinajstić information content (AvgIpc) is 3.41. The minimum Gasteiger partial charge on any atom is -0.362 e. The molecule has 5 heteroatoms. The van der Waals surface area contributed by atoms with Crippen LogP contribution >= 0.6 is 0 Å². The summed E-state index contributed by atoms with van der Waals surface area (Å²) in [7, 11) is 2.13. The zero-order chi connectivity index (χ0) is 27.4. The number of hydrogen-bond donors (Lipinski definition) is 2. The number of pyridine rings is 1. The van der Waals surface area contributed by atoms with Crippen molar-refractivity contribution in [2.24, 2.45) is 13.0 Å². The second-order valence-corrected chi connectivity index (χ2v) is 11.2. The van der Waals surface area contributed by atoms with Crippen molar-refractivity contribution in [3.05, 3.63) is 101 Å². The first-order chi connectivity index (χ1) is 19.0. The number of nitrogens with zero attached hydrogens (tertiary/aromatic N) is 3. The predicted octanol–water partition coefficient (Wildman–Crippen LogP) is 7.89. The number of aryl methyl sites for hydroxylation is 3. The van der Waals surface area contributed by atoms with Crippen molar-refractivity contribution in [3.8, 4) is 0 Å². The molecule has 2 heterocycles. The molecule has 4 aromatic rings. The van der Waals surface area contributed by atoms with Gasteiger partial charge in [-0.3, -0.25) is 4.98 Å². The van der Waals surface area contributed by atoms with E-state index < -0.39 is 0 Å². The van der Waals surface area contributed by atoms with Crippen molar-refractivity contribution in [1.29, 1.82) is 5.41 Å². The van der Waals surface area contributed by atoms with Gasteiger partial charge in [-0.2, -0.15) is 0 Å². The van der Waals surface area contributed by atoms with Crippen LogP contribution < -0.4 is 5.32 Å². The molecule has 0 aliphatic heterocycles. The number of fused-ring (bicyclic) bond motifs is 1. The number of aromatic nitrogens is 3. The Balaban J connectivity index is 1.56. The lowest BCUT2D eigenvalue weighted by atomic mass is 9.64. The predicted molar refractivity (Wildman–Crippen MR) is 163 cm³/mol. The number of imidazole rings is 1. The summed E-state index contributed by atoms with van der Waals surface area (Å²) in [4.78, 5) is 9.70. The van der Waals surface area contributed by atoms with Crippen molar-refractivity contribution in [1.82, 2.24) is 14.5 Å². The van der Waals surface area contributed by atoms with Gasteiger partial charge < -0.3 is 15.3 Å². The summed E-state index contributed by atoms with van der Waals surface area (Å²) < 4.78 is 2.22. The number of rotatable bonds is 9. The molecule has 1 unspecified atom stereocenters. The second kappa shape index (κ2) is 11.6. The molecule has 39 heavy (non-hydrogen) atoms. The summed E-state index contributed by atoms with van der Waals surface area (Å²) in [5.41, 5.74) is 9.82. The van der Waals surface area contributed by atoms with Crippen LogP contribution in [-0.2, 0) is 25.3 Å². The molecule has 5 rings (SSSR count). The van der Waals surface area contributed by atoms with Crippen molar-refractivity contribution in [2.75, 3.05) is 5.32 Å². The van der Waals surface area contributed by atoms with Crippen LogP contribution in [0, 0.1) is 18.3 Å². The van der Waals surface area contributed by atoms with E-state index >= 15 is 0 Å². The largest absolute Gasteiger partial charge is 0.362 e. The number of nitrogens with one attached hydrogen (secondary N) is 2.